The molecule has 0 saturated heterocycles. The molecule has 0 spiro atoms. The highest BCUT2D eigenvalue weighted by Gasteiger charge is 2.12. The van der Waals surface area contributed by atoms with E-state index in [1.54, 1.807) is 0 Å². The lowest BCUT2D eigenvalue weighted by Gasteiger charge is -2.10. The van der Waals surface area contributed by atoms with Gasteiger partial charge in [-0.3, -0.25) is 4.79 Å². The van der Waals surface area contributed by atoms with Crippen molar-refractivity contribution in [1.82, 2.24) is 0 Å². The first-order valence-electron chi connectivity index (χ1n) is 6.62. The number of thioether (sulfide) groups is 1. The summed E-state index contributed by atoms with van der Waals surface area (Å²) in [5.41, 5.74) is 2.67. The molecule has 1 atom stereocenters. The Balaban J connectivity index is 1.75. The highest BCUT2D eigenvalue weighted by Crippen LogP contribution is 2.26. The van der Waals surface area contributed by atoms with Crippen LogP contribution >= 0.6 is 11.8 Å². The molecule has 0 fully saturated rings. The maximum absolute atomic E-state index is 11.1. The van der Waals surface area contributed by atoms with Crippen molar-refractivity contribution in [2.45, 2.75) is 31.4 Å². The molecule has 1 aliphatic heterocycles. The predicted octanol–water partition coefficient (Wildman–Crippen LogP) is 2.85. The van der Waals surface area contributed by atoms with Gasteiger partial charge in [0.25, 0.3) is 0 Å². The number of rotatable bonds is 6. The van der Waals surface area contributed by atoms with Crippen LogP contribution in [0.5, 0.6) is 5.75 Å². The summed E-state index contributed by atoms with van der Waals surface area (Å²) in [5, 5.41) is 0.310. The number of esters is 1. The Hall–Kier alpha value is -1.16. The van der Waals surface area contributed by atoms with Gasteiger partial charge in [0, 0.05) is 11.7 Å². The van der Waals surface area contributed by atoms with Gasteiger partial charge in [-0.1, -0.05) is 19.1 Å². The first-order valence-corrected chi connectivity index (χ1v) is 7.67. The Labute approximate surface area is 118 Å². The van der Waals surface area contributed by atoms with E-state index in [1.807, 2.05) is 11.8 Å². The number of aryl methyl sites for hydroxylation is 1. The van der Waals surface area contributed by atoms with Crippen LogP contribution in [0.25, 0.3) is 0 Å². The average Bonchev–Trinajstić information content (AvgIpc) is 2.86. The molecular formula is C15H20O3S. The van der Waals surface area contributed by atoms with Gasteiger partial charge >= 0.3 is 5.97 Å². The fourth-order valence-electron chi connectivity index (χ4n) is 2.15. The highest BCUT2D eigenvalue weighted by molar-refractivity contribution is 7.99. The van der Waals surface area contributed by atoms with Crippen LogP contribution in [0, 0.1) is 0 Å². The fourth-order valence-corrected chi connectivity index (χ4v) is 3.16. The topological polar surface area (TPSA) is 35.5 Å². The summed E-state index contributed by atoms with van der Waals surface area (Å²) in [6.45, 7) is 2.88. The smallest absolute Gasteiger partial charge is 0.306 e. The van der Waals surface area contributed by atoms with Gasteiger partial charge < -0.3 is 9.47 Å². The van der Waals surface area contributed by atoms with Crippen molar-refractivity contribution in [3.05, 3.63) is 29.3 Å². The Morgan fingerprint density at radius 3 is 3.16 bits per heavy atom. The van der Waals surface area contributed by atoms with E-state index in [4.69, 9.17) is 4.74 Å². The molecule has 0 aliphatic carbocycles. The minimum absolute atomic E-state index is 0.130. The molecule has 0 radical (unpaired) electrons. The maximum Gasteiger partial charge on any atom is 0.306 e. The minimum atomic E-state index is -0.130. The Morgan fingerprint density at radius 1 is 1.53 bits per heavy atom. The van der Waals surface area contributed by atoms with E-state index >= 15 is 0 Å². The van der Waals surface area contributed by atoms with Crippen molar-refractivity contribution in [3.8, 4) is 5.75 Å². The summed E-state index contributed by atoms with van der Waals surface area (Å²) >= 11 is 1.82. The van der Waals surface area contributed by atoms with Crippen molar-refractivity contribution in [1.29, 1.82) is 0 Å². The number of fused-ring (bicyclic) bond motifs is 1. The first-order chi connectivity index (χ1) is 9.19. The van der Waals surface area contributed by atoms with Gasteiger partial charge in [0.1, 0.15) is 5.75 Å². The van der Waals surface area contributed by atoms with Crippen LogP contribution in [0.4, 0.5) is 0 Å². The monoisotopic (exact) mass is 280 g/mol. The van der Waals surface area contributed by atoms with Gasteiger partial charge in [0.05, 0.1) is 20.1 Å². The Bertz CT molecular complexity index is 445. The van der Waals surface area contributed by atoms with Gasteiger partial charge in [0.2, 0.25) is 0 Å². The zero-order valence-corrected chi connectivity index (χ0v) is 12.3. The lowest BCUT2D eigenvalue weighted by atomic mass is 10.1. The van der Waals surface area contributed by atoms with Crippen molar-refractivity contribution in [2.75, 3.05) is 19.5 Å². The van der Waals surface area contributed by atoms with Crippen LogP contribution in [0.15, 0.2) is 18.2 Å². The lowest BCUT2D eigenvalue weighted by Crippen LogP contribution is -2.09. The molecule has 0 aromatic heterocycles. The van der Waals surface area contributed by atoms with Gasteiger partial charge in [-0.15, -0.1) is 0 Å². The summed E-state index contributed by atoms with van der Waals surface area (Å²) in [6, 6.07) is 6.45. The van der Waals surface area contributed by atoms with Gasteiger partial charge in [-0.25, -0.2) is 0 Å². The molecule has 0 saturated carbocycles. The summed E-state index contributed by atoms with van der Waals surface area (Å²) in [7, 11) is 1.44. The number of hydrogen-bond donors (Lipinski definition) is 0. The van der Waals surface area contributed by atoms with E-state index in [-0.39, 0.29) is 5.97 Å². The summed E-state index contributed by atoms with van der Waals surface area (Å²) in [6.07, 6.45) is 2.54. The molecule has 4 heteroatoms. The lowest BCUT2D eigenvalue weighted by molar-refractivity contribution is -0.140. The highest BCUT2D eigenvalue weighted by atomic mass is 32.2. The molecule has 1 aromatic rings. The minimum Gasteiger partial charge on any atom is -0.493 e. The number of ether oxygens (including phenoxy) is 2. The van der Waals surface area contributed by atoms with Crippen LogP contribution in [-0.2, 0) is 22.4 Å². The molecule has 1 aliphatic rings. The second-order valence-electron chi connectivity index (χ2n) is 4.75. The molecule has 1 heterocycles. The van der Waals surface area contributed by atoms with Crippen molar-refractivity contribution in [3.63, 3.8) is 0 Å². The van der Waals surface area contributed by atoms with Crippen LogP contribution < -0.4 is 4.74 Å². The largest absolute Gasteiger partial charge is 0.493 e. The summed E-state index contributed by atoms with van der Waals surface area (Å²) in [4.78, 5) is 11.1. The maximum atomic E-state index is 11.1. The second-order valence-corrected chi connectivity index (χ2v) is 6.30. The number of hydrogen-bond acceptors (Lipinski definition) is 4. The number of methoxy groups -OCH3 is 1. The molecule has 1 unspecified atom stereocenters. The van der Waals surface area contributed by atoms with E-state index < -0.39 is 0 Å². The van der Waals surface area contributed by atoms with Crippen molar-refractivity contribution >= 4 is 17.7 Å². The van der Waals surface area contributed by atoms with Crippen molar-refractivity contribution < 1.29 is 14.3 Å². The third-order valence-corrected chi connectivity index (χ3v) is 4.40. The molecular weight excluding hydrogens is 260 g/mol. The quantitative estimate of drug-likeness (QED) is 0.751. The Morgan fingerprint density at radius 2 is 2.37 bits per heavy atom. The molecule has 19 heavy (non-hydrogen) atoms. The van der Waals surface area contributed by atoms with Gasteiger partial charge in [-0.05, 0) is 29.4 Å². The second kappa shape index (κ2) is 6.85. The molecule has 104 valence electrons. The van der Waals surface area contributed by atoms with Crippen LogP contribution in [0.1, 0.15) is 24.5 Å². The molecule has 3 nitrogen and oxygen atoms in total. The fraction of sp³-hybridized carbons (Fsp3) is 0.533. The van der Waals surface area contributed by atoms with E-state index in [1.165, 1.54) is 18.2 Å². The molecule has 0 amide bonds. The van der Waals surface area contributed by atoms with Gasteiger partial charge in [0.15, 0.2) is 0 Å². The van der Waals surface area contributed by atoms with Crippen molar-refractivity contribution in [2.24, 2.45) is 0 Å². The molecule has 0 bridgehead atoms. The van der Waals surface area contributed by atoms with E-state index in [9.17, 15) is 4.79 Å². The van der Waals surface area contributed by atoms with Crippen LogP contribution in [0.2, 0.25) is 0 Å². The van der Waals surface area contributed by atoms with Gasteiger partial charge in [-0.2, -0.15) is 11.8 Å². The zero-order chi connectivity index (χ0) is 13.7. The normalized spacial score (nSPS) is 14.6. The predicted molar refractivity (Wildman–Crippen MR) is 77.9 cm³/mol. The Kier molecular flexibility index (Phi) is 5.14. The molecule has 0 N–H and O–H groups in total. The number of benzene rings is 1. The first kappa shape index (κ1) is 14.3. The molecule has 2 rings (SSSR count). The van der Waals surface area contributed by atoms with E-state index in [0.29, 0.717) is 11.7 Å². The summed E-state index contributed by atoms with van der Waals surface area (Å²) < 4.78 is 10.2. The van der Waals surface area contributed by atoms with E-state index in [2.05, 4.69) is 29.9 Å². The average molecular weight is 280 g/mol. The third kappa shape index (κ3) is 4.16. The van der Waals surface area contributed by atoms with E-state index in [0.717, 1.165) is 31.0 Å². The molecule has 1 aromatic carbocycles. The number of carbonyl (C=O) groups excluding carboxylic acids is 1. The third-order valence-electron chi connectivity index (χ3n) is 3.23. The SMILES string of the molecule is COC(=O)CC(C)SCCc1ccc2c(c1)CCO2. The number of carbonyl (C=O) groups is 1. The van der Waals surface area contributed by atoms with Crippen LogP contribution in [-0.4, -0.2) is 30.7 Å². The standard InChI is InChI=1S/C15H20O3S/c1-11(9-15(16)17-2)19-8-6-12-3-4-14-13(10-12)5-7-18-14/h3-4,10-11H,5-9H2,1-2H3. The van der Waals surface area contributed by atoms with Crippen LogP contribution in [0.3, 0.4) is 0 Å². The summed E-state index contributed by atoms with van der Waals surface area (Å²) in [5.74, 6) is 1.93. The zero-order valence-electron chi connectivity index (χ0n) is 11.5.